The zero-order valence-electron chi connectivity index (χ0n) is 14.8. The lowest BCUT2D eigenvalue weighted by atomic mass is 10.3. The van der Waals surface area contributed by atoms with Gasteiger partial charge in [-0.3, -0.25) is 10.3 Å². The van der Waals surface area contributed by atoms with Crippen LogP contribution in [-0.2, 0) is 13.0 Å². The Bertz CT molecular complexity index is 1060. The molecule has 4 heterocycles. The van der Waals surface area contributed by atoms with Crippen LogP contribution in [0.3, 0.4) is 0 Å². The molecule has 0 aliphatic carbocycles. The summed E-state index contributed by atoms with van der Waals surface area (Å²) in [7, 11) is 0. The predicted octanol–water partition coefficient (Wildman–Crippen LogP) is 3.52. The van der Waals surface area contributed by atoms with Crippen LogP contribution in [-0.4, -0.2) is 32.5 Å². The van der Waals surface area contributed by atoms with Crippen molar-refractivity contribution in [3.63, 3.8) is 0 Å². The zero-order chi connectivity index (χ0) is 19.2. The maximum absolute atomic E-state index is 12.0. The lowest BCUT2D eigenvalue weighted by Gasteiger charge is -2.05. The van der Waals surface area contributed by atoms with Gasteiger partial charge in [-0.05, 0) is 23.1 Å². The summed E-state index contributed by atoms with van der Waals surface area (Å²) in [5.41, 5.74) is 1.89. The fourth-order valence-electron chi connectivity index (χ4n) is 2.53. The molecule has 28 heavy (non-hydrogen) atoms. The summed E-state index contributed by atoms with van der Waals surface area (Å²) < 4.78 is 1.06. The van der Waals surface area contributed by atoms with Gasteiger partial charge in [0.05, 0.1) is 10.2 Å². The van der Waals surface area contributed by atoms with E-state index in [1.54, 1.807) is 36.3 Å². The molecule has 3 N–H and O–H groups in total. The van der Waals surface area contributed by atoms with Crippen LogP contribution in [0.1, 0.15) is 10.4 Å². The van der Waals surface area contributed by atoms with Gasteiger partial charge in [0, 0.05) is 43.0 Å². The Kier molecular flexibility index (Phi) is 5.69. The van der Waals surface area contributed by atoms with E-state index in [0.29, 0.717) is 11.7 Å². The van der Waals surface area contributed by atoms with Gasteiger partial charge in [-0.2, -0.15) is 0 Å². The number of fused-ring (bicyclic) bond motifs is 1. The molecule has 142 valence electrons. The highest BCUT2D eigenvalue weighted by atomic mass is 32.1. The van der Waals surface area contributed by atoms with Crippen molar-refractivity contribution in [3.05, 3.63) is 58.9 Å². The first-order valence-electron chi connectivity index (χ1n) is 8.58. The van der Waals surface area contributed by atoms with Crippen molar-refractivity contribution in [1.29, 1.82) is 0 Å². The highest BCUT2D eigenvalue weighted by Crippen LogP contribution is 2.25. The van der Waals surface area contributed by atoms with Gasteiger partial charge in [-0.25, -0.2) is 19.7 Å². The molecule has 4 aromatic heterocycles. The third kappa shape index (κ3) is 4.59. The summed E-state index contributed by atoms with van der Waals surface area (Å²) in [5, 5.41) is 11.5. The second kappa shape index (κ2) is 8.72. The second-order valence-corrected chi connectivity index (χ2v) is 7.87. The first kappa shape index (κ1) is 18.3. The number of hydrogen-bond acceptors (Lipinski definition) is 8. The topological polar surface area (TPSA) is 105 Å². The number of rotatable bonds is 7. The van der Waals surface area contributed by atoms with E-state index in [1.807, 2.05) is 23.6 Å². The quantitative estimate of drug-likeness (QED) is 0.430. The molecule has 0 aliphatic rings. The van der Waals surface area contributed by atoms with Crippen molar-refractivity contribution in [3.8, 4) is 0 Å². The highest BCUT2D eigenvalue weighted by Gasteiger charge is 2.08. The van der Waals surface area contributed by atoms with E-state index in [2.05, 4.69) is 35.9 Å². The minimum absolute atomic E-state index is 0.288. The lowest BCUT2D eigenvalue weighted by Crippen LogP contribution is -2.28. The Hall–Kier alpha value is -3.11. The molecule has 0 atom stereocenters. The van der Waals surface area contributed by atoms with Gasteiger partial charge >= 0.3 is 6.03 Å². The van der Waals surface area contributed by atoms with Crippen LogP contribution in [0.25, 0.3) is 10.2 Å². The number of aromatic nitrogens is 4. The van der Waals surface area contributed by atoms with Crippen molar-refractivity contribution in [2.45, 2.75) is 13.0 Å². The number of pyridine rings is 1. The van der Waals surface area contributed by atoms with E-state index in [1.165, 1.54) is 11.3 Å². The van der Waals surface area contributed by atoms with E-state index in [0.717, 1.165) is 39.4 Å². The maximum Gasteiger partial charge on any atom is 0.321 e. The number of amides is 2. The lowest BCUT2D eigenvalue weighted by molar-refractivity contribution is 0.251. The Labute approximate surface area is 169 Å². The van der Waals surface area contributed by atoms with E-state index in [9.17, 15) is 4.79 Å². The third-order valence-electron chi connectivity index (χ3n) is 3.86. The van der Waals surface area contributed by atoms with Crippen LogP contribution in [0.15, 0.2) is 48.5 Å². The minimum atomic E-state index is -0.288. The first-order valence-corrected chi connectivity index (χ1v) is 10.3. The molecule has 0 bridgehead atoms. The van der Waals surface area contributed by atoms with Crippen LogP contribution in [0.2, 0.25) is 0 Å². The Morgan fingerprint density at radius 1 is 1.14 bits per heavy atom. The van der Waals surface area contributed by atoms with Gasteiger partial charge in [0.2, 0.25) is 0 Å². The van der Waals surface area contributed by atoms with Gasteiger partial charge in [-0.15, -0.1) is 22.7 Å². The number of urea groups is 1. The largest absolute Gasteiger partial charge is 0.368 e. The van der Waals surface area contributed by atoms with Crippen molar-refractivity contribution >= 4 is 49.9 Å². The normalized spacial score (nSPS) is 10.7. The molecule has 0 saturated heterocycles. The van der Waals surface area contributed by atoms with E-state index in [4.69, 9.17) is 0 Å². The molecule has 8 nitrogen and oxygen atoms in total. The van der Waals surface area contributed by atoms with Gasteiger partial charge in [-0.1, -0.05) is 6.07 Å². The van der Waals surface area contributed by atoms with Crippen molar-refractivity contribution in [1.82, 2.24) is 25.3 Å². The summed E-state index contributed by atoms with van der Waals surface area (Å²) in [6.45, 7) is 1.14. The van der Waals surface area contributed by atoms with Crippen molar-refractivity contribution < 1.29 is 4.79 Å². The molecule has 0 aromatic carbocycles. The fraction of sp³-hybridized carbons (Fsp3) is 0.167. The molecule has 0 unspecified atom stereocenters. The summed E-state index contributed by atoms with van der Waals surface area (Å²) in [5.74, 6) is 0.845. The molecule has 0 spiro atoms. The number of hydrogen-bond donors (Lipinski definition) is 3. The van der Waals surface area contributed by atoms with Gasteiger partial charge in [0.15, 0.2) is 5.13 Å². The van der Waals surface area contributed by atoms with Crippen LogP contribution in [0.4, 0.5) is 15.7 Å². The van der Waals surface area contributed by atoms with Crippen molar-refractivity contribution in [2.24, 2.45) is 0 Å². The summed E-state index contributed by atoms with van der Waals surface area (Å²) >= 11 is 3.08. The number of nitrogens with one attached hydrogen (secondary N) is 3. The smallest absolute Gasteiger partial charge is 0.321 e. The molecule has 10 heteroatoms. The van der Waals surface area contributed by atoms with Crippen LogP contribution in [0.5, 0.6) is 0 Å². The summed E-state index contributed by atoms with van der Waals surface area (Å²) in [4.78, 5) is 29.9. The first-order chi connectivity index (χ1) is 13.8. The predicted molar refractivity (Wildman–Crippen MR) is 112 cm³/mol. The number of thiazole rings is 1. The second-order valence-electron chi connectivity index (χ2n) is 5.83. The van der Waals surface area contributed by atoms with Crippen LogP contribution >= 0.6 is 22.7 Å². The number of carbonyl (C=O) groups is 1. The molecule has 0 radical (unpaired) electrons. The van der Waals surface area contributed by atoms with Gasteiger partial charge in [0.1, 0.15) is 12.1 Å². The standard InChI is InChI=1S/C18H17N7OS2/c26-17(21-9-12-2-1-5-19-8-12)25-18-22-10-13(28-18)3-6-20-16-15-14(4-7-27-15)23-11-24-16/h1-2,4-5,7-8,10-11H,3,6,9H2,(H,20,23,24)(H2,21,22,25,26). The van der Waals surface area contributed by atoms with Gasteiger partial charge in [0.25, 0.3) is 0 Å². The molecule has 4 rings (SSSR count). The van der Waals surface area contributed by atoms with E-state index < -0.39 is 0 Å². The Morgan fingerprint density at radius 3 is 3.00 bits per heavy atom. The number of anilines is 2. The summed E-state index contributed by atoms with van der Waals surface area (Å²) in [6.07, 6.45) is 7.55. The monoisotopic (exact) mass is 411 g/mol. The van der Waals surface area contributed by atoms with Gasteiger partial charge < -0.3 is 10.6 Å². The Balaban J connectivity index is 1.25. The molecule has 0 saturated carbocycles. The SMILES string of the molecule is O=C(NCc1cccnc1)Nc1ncc(CCNc2ncnc3ccsc23)s1. The molecule has 4 aromatic rings. The third-order valence-corrected chi connectivity index (χ3v) is 5.74. The van der Waals surface area contributed by atoms with Crippen molar-refractivity contribution in [2.75, 3.05) is 17.2 Å². The minimum Gasteiger partial charge on any atom is -0.368 e. The van der Waals surface area contributed by atoms with Crippen LogP contribution in [0, 0.1) is 0 Å². The highest BCUT2D eigenvalue weighted by molar-refractivity contribution is 7.17. The summed E-state index contributed by atoms with van der Waals surface area (Å²) in [6, 6.07) is 5.43. The zero-order valence-corrected chi connectivity index (χ0v) is 16.4. The average Bonchev–Trinajstić information content (AvgIpc) is 3.37. The molecule has 0 fully saturated rings. The van der Waals surface area contributed by atoms with Crippen LogP contribution < -0.4 is 16.0 Å². The van der Waals surface area contributed by atoms with E-state index in [-0.39, 0.29) is 6.03 Å². The number of nitrogens with zero attached hydrogens (tertiary/aromatic N) is 4. The molecule has 2 amide bonds. The molecule has 0 aliphatic heterocycles. The molecular formula is C18H17N7OS2. The number of carbonyl (C=O) groups excluding carboxylic acids is 1. The number of thiophene rings is 1. The average molecular weight is 412 g/mol. The fourth-order valence-corrected chi connectivity index (χ4v) is 4.14. The Morgan fingerprint density at radius 2 is 2.11 bits per heavy atom. The van der Waals surface area contributed by atoms with E-state index >= 15 is 0 Å². The maximum atomic E-state index is 12.0. The molecular weight excluding hydrogens is 394 g/mol.